The number of amides is 3. The molecule has 0 spiro atoms. The maximum atomic E-state index is 11.8. The average Bonchev–Trinajstić information content (AvgIpc) is 3.05. The zero-order valence-electron chi connectivity index (χ0n) is 14.3. The smallest absolute Gasteiger partial charge is 0.319 e. The SMILES string of the molecule is O=C(CCNC(=O)Nc1ccccc1)NCCc1cn2ccccc2n1. The van der Waals surface area contributed by atoms with Crippen molar-refractivity contribution in [2.45, 2.75) is 12.8 Å². The lowest BCUT2D eigenvalue weighted by molar-refractivity contribution is -0.120. The highest BCUT2D eigenvalue weighted by Crippen LogP contribution is 2.05. The van der Waals surface area contributed by atoms with Gasteiger partial charge in [0, 0.05) is 44.0 Å². The van der Waals surface area contributed by atoms with Crippen molar-refractivity contribution < 1.29 is 9.59 Å². The first kappa shape index (κ1) is 17.5. The van der Waals surface area contributed by atoms with E-state index >= 15 is 0 Å². The summed E-state index contributed by atoms with van der Waals surface area (Å²) in [6, 6.07) is 14.6. The molecule has 7 heteroatoms. The van der Waals surface area contributed by atoms with Gasteiger partial charge in [-0.25, -0.2) is 9.78 Å². The van der Waals surface area contributed by atoms with E-state index in [2.05, 4.69) is 20.9 Å². The van der Waals surface area contributed by atoms with Crippen LogP contribution < -0.4 is 16.0 Å². The van der Waals surface area contributed by atoms with Crippen molar-refractivity contribution in [1.82, 2.24) is 20.0 Å². The average molecular weight is 351 g/mol. The molecule has 3 amide bonds. The lowest BCUT2D eigenvalue weighted by atomic mass is 10.3. The summed E-state index contributed by atoms with van der Waals surface area (Å²) < 4.78 is 1.95. The van der Waals surface area contributed by atoms with Gasteiger partial charge < -0.3 is 20.4 Å². The summed E-state index contributed by atoms with van der Waals surface area (Å²) in [5, 5.41) is 8.20. The van der Waals surface area contributed by atoms with Crippen LogP contribution in [0.5, 0.6) is 0 Å². The van der Waals surface area contributed by atoms with Crippen LogP contribution in [-0.2, 0) is 11.2 Å². The van der Waals surface area contributed by atoms with E-state index in [0.717, 1.165) is 11.3 Å². The Morgan fingerprint density at radius 2 is 1.77 bits per heavy atom. The standard InChI is InChI=1S/C19H21N5O2/c25-18(10-12-21-19(26)23-15-6-2-1-3-7-15)20-11-9-16-14-24-13-5-4-8-17(24)22-16/h1-8,13-14H,9-12H2,(H,20,25)(H2,21,23,26). The van der Waals surface area contributed by atoms with Gasteiger partial charge in [-0.3, -0.25) is 4.79 Å². The Bertz CT molecular complexity index is 843. The molecule has 0 saturated heterocycles. The second-order valence-corrected chi connectivity index (χ2v) is 5.80. The summed E-state index contributed by atoms with van der Waals surface area (Å²) in [4.78, 5) is 28.0. The van der Waals surface area contributed by atoms with Crippen LogP contribution in [0.25, 0.3) is 5.65 Å². The molecule has 0 fully saturated rings. The van der Waals surface area contributed by atoms with Crippen molar-refractivity contribution in [3.8, 4) is 0 Å². The van der Waals surface area contributed by atoms with E-state index in [-0.39, 0.29) is 24.9 Å². The molecule has 3 aromatic rings. The third kappa shape index (κ3) is 5.07. The summed E-state index contributed by atoms with van der Waals surface area (Å²) in [5.74, 6) is -0.103. The number of imidazole rings is 1. The zero-order chi connectivity index (χ0) is 18.2. The number of nitrogens with zero attached hydrogens (tertiary/aromatic N) is 2. The quantitative estimate of drug-likeness (QED) is 0.610. The van der Waals surface area contributed by atoms with Gasteiger partial charge in [-0.15, -0.1) is 0 Å². The van der Waals surface area contributed by atoms with Crippen molar-refractivity contribution in [2.75, 3.05) is 18.4 Å². The first-order valence-corrected chi connectivity index (χ1v) is 8.50. The van der Waals surface area contributed by atoms with Crippen molar-refractivity contribution >= 4 is 23.3 Å². The molecule has 0 unspecified atom stereocenters. The number of aromatic nitrogens is 2. The number of pyridine rings is 1. The molecule has 134 valence electrons. The van der Waals surface area contributed by atoms with Gasteiger partial charge >= 0.3 is 6.03 Å². The Kier molecular flexibility index (Phi) is 5.82. The molecular weight excluding hydrogens is 330 g/mol. The number of fused-ring (bicyclic) bond motifs is 1. The minimum atomic E-state index is -0.325. The molecule has 0 bridgehead atoms. The fraction of sp³-hybridized carbons (Fsp3) is 0.211. The molecule has 2 aromatic heterocycles. The van der Waals surface area contributed by atoms with Gasteiger partial charge in [0.25, 0.3) is 0 Å². The zero-order valence-corrected chi connectivity index (χ0v) is 14.3. The Hall–Kier alpha value is -3.35. The Morgan fingerprint density at radius 1 is 0.962 bits per heavy atom. The molecule has 3 N–H and O–H groups in total. The van der Waals surface area contributed by atoms with E-state index in [4.69, 9.17) is 0 Å². The number of rotatable bonds is 7. The third-order valence-electron chi connectivity index (χ3n) is 3.79. The highest BCUT2D eigenvalue weighted by molar-refractivity contribution is 5.89. The fourth-order valence-corrected chi connectivity index (χ4v) is 2.51. The van der Waals surface area contributed by atoms with E-state index in [1.165, 1.54) is 0 Å². The van der Waals surface area contributed by atoms with Gasteiger partial charge in [0.1, 0.15) is 5.65 Å². The Balaban J connectivity index is 1.32. The van der Waals surface area contributed by atoms with Gasteiger partial charge in [0.15, 0.2) is 0 Å². The number of urea groups is 1. The molecule has 0 saturated carbocycles. The molecule has 2 heterocycles. The van der Waals surface area contributed by atoms with E-state index in [1.807, 2.05) is 53.2 Å². The van der Waals surface area contributed by atoms with Gasteiger partial charge in [0.2, 0.25) is 5.91 Å². The van der Waals surface area contributed by atoms with Gasteiger partial charge in [-0.05, 0) is 24.3 Å². The van der Waals surface area contributed by atoms with Crippen molar-refractivity contribution in [1.29, 1.82) is 0 Å². The van der Waals surface area contributed by atoms with E-state index < -0.39 is 0 Å². The molecule has 3 rings (SSSR count). The van der Waals surface area contributed by atoms with Gasteiger partial charge in [-0.1, -0.05) is 24.3 Å². The number of anilines is 1. The number of benzene rings is 1. The number of hydrogen-bond acceptors (Lipinski definition) is 3. The van der Waals surface area contributed by atoms with Crippen LogP contribution in [0, 0.1) is 0 Å². The van der Waals surface area contributed by atoms with E-state index in [1.54, 1.807) is 12.1 Å². The largest absolute Gasteiger partial charge is 0.356 e. The summed E-state index contributed by atoms with van der Waals surface area (Å²) in [7, 11) is 0. The summed E-state index contributed by atoms with van der Waals surface area (Å²) in [6.45, 7) is 0.789. The first-order chi connectivity index (χ1) is 12.7. The molecule has 1 aromatic carbocycles. The molecule has 0 radical (unpaired) electrons. The minimum absolute atomic E-state index is 0.103. The minimum Gasteiger partial charge on any atom is -0.356 e. The normalized spacial score (nSPS) is 10.5. The molecule has 7 nitrogen and oxygen atoms in total. The fourth-order valence-electron chi connectivity index (χ4n) is 2.51. The topological polar surface area (TPSA) is 87.5 Å². The van der Waals surface area contributed by atoms with E-state index in [9.17, 15) is 9.59 Å². The van der Waals surface area contributed by atoms with E-state index in [0.29, 0.717) is 18.7 Å². The Labute approximate surface area is 151 Å². The third-order valence-corrected chi connectivity index (χ3v) is 3.79. The molecule has 0 aliphatic rings. The molecule has 26 heavy (non-hydrogen) atoms. The number of carbonyl (C=O) groups is 2. The summed E-state index contributed by atoms with van der Waals surface area (Å²) in [6.07, 6.45) is 4.79. The summed E-state index contributed by atoms with van der Waals surface area (Å²) in [5.41, 5.74) is 2.53. The Morgan fingerprint density at radius 3 is 2.58 bits per heavy atom. The lowest BCUT2D eigenvalue weighted by Crippen LogP contribution is -2.33. The van der Waals surface area contributed by atoms with Crippen LogP contribution in [0.4, 0.5) is 10.5 Å². The molecule has 0 aliphatic heterocycles. The molecule has 0 aliphatic carbocycles. The second kappa shape index (κ2) is 8.66. The second-order valence-electron chi connectivity index (χ2n) is 5.80. The van der Waals surface area contributed by atoms with Gasteiger partial charge in [0.05, 0.1) is 5.69 Å². The van der Waals surface area contributed by atoms with Crippen molar-refractivity contribution in [3.63, 3.8) is 0 Å². The van der Waals surface area contributed by atoms with Crippen LogP contribution >= 0.6 is 0 Å². The monoisotopic (exact) mass is 351 g/mol. The number of nitrogens with one attached hydrogen (secondary N) is 3. The first-order valence-electron chi connectivity index (χ1n) is 8.50. The lowest BCUT2D eigenvalue weighted by Gasteiger charge is -2.08. The highest BCUT2D eigenvalue weighted by atomic mass is 16.2. The van der Waals surface area contributed by atoms with Crippen molar-refractivity contribution in [3.05, 3.63) is 66.6 Å². The summed E-state index contributed by atoms with van der Waals surface area (Å²) >= 11 is 0. The van der Waals surface area contributed by atoms with Crippen LogP contribution in [0.1, 0.15) is 12.1 Å². The highest BCUT2D eigenvalue weighted by Gasteiger charge is 2.05. The van der Waals surface area contributed by atoms with Crippen LogP contribution in [0.15, 0.2) is 60.9 Å². The maximum Gasteiger partial charge on any atom is 0.319 e. The number of hydrogen-bond donors (Lipinski definition) is 3. The molecular formula is C19H21N5O2. The van der Waals surface area contributed by atoms with Crippen LogP contribution in [-0.4, -0.2) is 34.4 Å². The van der Waals surface area contributed by atoms with Crippen LogP contribution in [0.3, 0.4) is 0 Å². The molecule has 0 atom stereocenters. The maximum absolute atomic E-state index is 11.8. The number of carbonyl (C=O) groups excluding carboxylic acids is 2. The predicted octanol–water partition coefficient (Wildman–Crippen LogP) is 2.20. The number of para-hydroxylation sites is 1. The van der Waals surface area contributed by atoms with Crippen molar-refractivity contribution in [2.24, 2.45) is 0 Å². The van der Waals surface area contributed by atoms with Gasteiger partial charge in [-0.2, -0.15) is 0 Å². The van der Waals surface area contributed by atoms with Crippen LogP contribution in [0.2, 0.25) is 0 Å². The predicted molar refractivity (Wildman–Crippen MR) is 100.0 cm³/mol.